The monoisotopic (exact) mass is 720 g/mol. The molecule has 0 aromatic carbocycles. The third-order valence-corrected chi connectivity index (χ3v) is 10.0. The average molecular weight is 720 g/mol. The van der Waals surface area contributed by atoms with Crippen molar-refractivity contribution in [1.82, 2.24) is 5.32 Å². The summed E-state index contributed by atoms with van der Waals surface area (Å²) >= 11 is 0. The summed E-state index contributed by atoms with van der Waals surface area (Å²) in [6.07, 6.45) is 42.4. The first-order valence-electron chi connectivity index (χ1n) is 22.1. The molecule has 0 saturated carbocycles. The van der Waals surface area contributed by atoms with Gasteiger partial charge >= 0.3 is 5.97 Å². The smallest absolute Gasteiger partial charge is 0.306 e. The average Bonchev–Trinajstić information content (AvgIpc) is 3.12. The van der Waals surface area contributed by atoms with Crippen molar-refractivity contribution in [2.45, 2.75) is 244 Å². The molecular formula is C45H85NO5. The molecular weight excluding hydrogens is 634 g/mol. The standard InChI is InChI=1S/C45H85NO5/c1-4-7-10-13-16-19-21-23-26-29-32-35-38-45(50)51-41(36-33-30-27-24-18-15-12-9-6-3)39-44(49)46-42(40-47)43(48)37-34-31-28-25-22-20-17-14-11-8-5-2/h15-16,18-19,41-43,47-48H,4-14,17,20-40H2,1-3H3,(H,46,49)/b18-15-,19-16-. The zero-order valence-electron chi connectivity index (χ0n) is 34.0. The van der Waals surface area contributed by atoms with Gasteiger partial charge in [0.1, 0.15) is 6.10 Å². The van der Waals surface area contributed by atoms with Crippen LogP contribution in [-0.4, -0.2) is 46.9 Å². The summed E-state index contributed by atoms with van der Waals surface area (Å²) < 4.78 is 5.86. The predicted octanol–water partition coefficient (Wildman–Crippen LogP) is 12.4. The summed E-state index contributed by atoms with van der Waals surface area (Å²) in [7, 11) is 0. The highest BCUT2D eigenvalue weighted by Gasteiger charge is 2.24. The molecule has 0 heterocycles. The minimum absolute atomic E-state index is 0.0658. The summed E-state index contributed by atoms with van der Waals surface area (Å²) in [6.45, 7) is 6.39. The molecule has 0 aromatic heterocycles. The van der Waals surface area contributed by atoms with Gasteiger partial charge in [-0.2, -0.15) is 0 Å². The van der Waals surface area contributed by atoms with Gasteiger partial charge in [-0.3, -0.25) is 9.59 Å². The number of esters is 1. The molecule has 6 nitrogen and oxygen atoms in total. The van der Waals surface area contributed by atoms with Crippen LogP contribution < -0.4 is 5.32 Å². The van der Waals surface area contributed by atoms with Crippen molar-refractivity contribution < 1.29 is 24.5 Å². The number of carbonyl (C=O) groups is 2. The van der Waals surface area contributed by atoms with Gasteiger partial charge in [-0.1, -0.05) is 167 Å². The number of amides is 1. The van der Waals surface area contributed by atoms with Gasteiger partial charge in [0.05, 0.1) is 25.2 Å². The zero-order chi connectivity index (χ0) is 37.5. The van der Waals surface area contributed by atoms with Gasteiger partial charge in [0.2, 0.25) is 5.91 Å². The normalized spacial score (nSPS) is 13.6. The Kier molecular flexibility index (Phi) is 38.3. The van der Waals surface area contributed by atoms with Crippen molar-refractivity contribution in [3.05, 3.63) is 24.3 Å². The molecule has 0 rings (SSSR count). The van der Waals surface area contributed by atoms with Crippen molar-refractivity contribution in [2.24, 2.45) is 0 Å². The van der Waals surface area contributed by atoms with Crippen LogP contribution in [0.15, 0.2) is 24.3 Å². The predicted molar refractivity (Wildman–Crippen MR) is 218 cm³/mol. The summed E-state index contributed by atoms with van der Waals surface area (Å²) in [5, 5.41) is 23.6. The molecule has 0 radical (unpaired) electrons. The van der Waals surface area contributed by atoms with E-state index in [9.17, 15) is 19.8 Å². The van der Waals surface area contributed by atoms with Crippen LogP contribution in [-0.2, 0) is 14.3 Å². The van der Waals surface area contributed by atoms with Gasteiger partial charge < -0.3 is 20.3 Å². The number of allylic oxidation sites excluding steroid dienone is 4. The van der Waals surface area contributed by atoms with E-state index in [0.29, 0.717) is 19.3 Å². The third-order valence-electron chi connectivity index (χ3n) is 10.0. The molecule has 3 unspecified atom stereocenters. The Morgan fingerprint density at radius 1 is 0.549 bits per heavy atom. The Bertz CT molecular complexity index is 812. The Labute approximate surface area is 316 Å². The number of unbranched alkanes of at least 4 members (excludes halogenated alkanes) is 23. The SMILES string of the molecule is CCCC/C=C\CCCCCC(CC(=O)NC(CO)C(O)CCCCCCCCCCCCC)OC(=O)CCCCCCC/C=C\CCCCC. The maximum Gasteiger partial charge on any atom is 0.306 e. The van der Waals surface area contributed by atoms with E-state index in [1.54, 1.807) is 0 Å². The fourth-order valence-electron chi connectivity index (χ4n) is 6.58. The van der Waals surface area contributed by atoms with Crippen LogP contribution in [0.1, 0.15) is 226 Å². The van der Waals surface area contributed by atoms with Crippen molar-refractivity contribution >= 4 is 11.9 Å². The summed E-state index contributed by atoms with van der Waals surface area (Å²) in [4.78, 5) is 25.9. The summed E-state index contributed by atoms with van der Waals surface area (Å²) in [5.41, 5.74) is 0. The second-order valence-electron chi connectivity index (χ2n) is 15.1. The van der Waals surface area contributed by atoms with Crippen molar-refractivity contribution in [3.8, 4) is 0 Å². The Hall–Kier alpha value is -1.66. The highest BCUT2D eigenvalue weighted by molar-refractivity contribution is 5.77. The first-order chi connectivity index (χ1) is 25.0. The molecule has 0 aliphatic carbocycles. The summed E-state index contributed by atoms with van der Waals surface area (Å²) in [6, 6.07) is -0.701. The molecule has 0 aromatic rings. The molecule has 0 bridgehead atoms. The molecule has 0 fully saturated rings. The van der Waals surface area contributed by atoms with Crippen LogP contribution in [0.4, 0.5) is 0 Å². The number of nitrogens with one attached hydrogen (secondary N) is 1. The highest BCUT2D eigenvalue weighted by Crippen LogP contribution is 2.17. The lowest BCUT2D eigenvalue weighted by atomic mass is 10.0. The second-order valence-corrected chi connectivity index (χ2v) is 15.1. The van der Waals surface area contributed by atoms with Crippen molar-refractivity contribution in [2.75, 3.05) is 6.61 Å². The van der Waals surface area contributed by atoms with E-state index in [-0.39, 0.29) is 24.9 Å². The van der Waals surface area contributed by atoms with Gasteiger partial charge in [0, 0.05) is 6.42 Å². The number of ether oxygens (including phenoxy) is 1. The first-order valence-corrected chi connectivity index (χ1v) is 22.1. The fourth-order valence-corrected chi connectivity index (χ4v) is 6.58. The van der Waals surface area contributed by atoms with Gasteiger partial charge in [-0.25, -0.2) is 0 Å². The second kappa shape index (κ2) is 39.5. The molecule has 0 aliphatic rings. The Morgan fingerprint density at radius 2 is 0.961 bits per heavy atom. The van der Waals surface area contributed by atoms with Crippen LogP contribution >= 0.6 is 0 Å². The molecule has 6 heteroatoms. The lowest BCUT2D eigenvalue weighted by molar-refractivity contribution is -0.151. The topological polar surface area (TPSA) is 95.9 Å². The van der Waals surface area contributed by atoms with E-state index in [0.717, 1.165) is 77.0 Å². The van der Waals surface area contributed by atoms with Crippen molar-refractivity contribution in [3.63, 3.8) is 0 Å². The van der Waals surface area contributed by atoms with Crippen molar-refractivity contribution in [1.29, 1.82) is 0 Å². The third kappa shape index (κ3) is 35.2. The maximum atomic E-state index is 13.1. The summed E-state index contributed by atoms with van der Waals surface area (Å²) in [5.74, 6) is -0.500. The minimum atomic E-state index is -0.786. The van der Waals surface area contributed by atoms with E-state index < -0.39 is 18.2 Å². The molecule has 0 spiro atoms. The van der Waals surface area contributed by atoms with Gasteiger partial charge in [-0.05, 0) is 70.6 Å². The lowest BCUT2D eigenvalue weighted by Crippen LogP contribution is -2.46. The van der Waals surface area contributed by atoms with Crippen LogP contribution in [0.3, 0.4) is 0 Å². The van der Waals surface area contributed by atoms with E-state index in [2.05, 4.69) is 50.4 Å². The molecule has 1 amide bonds. The van der Waals surface area contributed by atoms with Gasteiger partial charge in [-0.15, -0.1) is 0 Å². The molecule has 300 valence electrons. The largest absolute Gasteiger partial charge is 0.462 e. The number of hydrogen-bond donors (Lipinski definition) is 3. The fraction of sp³-hybridized carbons (Fsp3) is 0.867. The van der Waals surface area contributed by atoms with E-state index >= 15 is 0 Å². The zero-order valence-corrected chi connectivity index (χ0v) is 34.0. The van der Waals surface area contributed by atoms with Crippen LogP contribution in [0.2, 0.25) is 0 Å². The molecule has 3 atom stereocenters. The first kappa shape index (κ1) is 49.3. The van der Waals surface area contributed by atoms with Crippen LogP contribution in [0.5, 0.6) is 0 Å². The molecule has 0 aliphatic heterocycles. The lowest BCUT2D eigenvalue weighted by Gasteiger charge is -2.24. The number of rotatable bonds is 39. The van der Waals surface area contributed by atoms with Gasteiger partial charge in [0.25, 0.3) is 0 Å². The van der Waals surface area contributed by atoms with Gasteiger partial charge in [0.15, 0.2) is 0 Å². The molecule has 51 heavy (non-hydrogen) atoms. The number of carbonyl (C=O) groups excluding carboxylic acids is 2. The molecule has 0 saturated heterocycles. The number of aliphatic hydroxyl groups is 2. The number of hydrogen-bond acceptors (Lipinski definition) is 5. The highest BCUT2D eigenvalue weighted by atomic mass is 16.5. The minimum Gasteiger partial charge on any atom is -0.462 e. The Morgan fingerprint density at radius 3 is 1.51 bits per heavy atom. The van der Waals surface area contributed by atoms with E-state index in [4.69, 9.17) is 4.74 Å². The van der Waals surface area contributed by atoms with E-state index in [1.807, 2.05) is 0 Å². The Balaban J connectivity index is 4.56. The van der Waals surface area contributed by atoms with Crippen LogP contribution in [0, 0.1) is 0 Å². The van der Waals surface area contributed by atoms with E-state index in [1.165, 1.54) is 103 Å². The van der Waals surface area contributed by atoms with Crippen LogP contribution in [0.25, 0.3) is 0 Å². The molecule has 3 N–H and O–H groups in total. The quantitative estimate of drug-likeness (QED) is 0.0334. The number of aliphatic hydroxyl groups excluding tert-OH is 2. The maximum absolute atomic E-state index is 13.1.